The van der Waals surface area contributed by atoms with Crippen LogP contribution in [0.2, 0.25) is 0 Å². The molecule has 24 heavy (non-hydrogen) atoms. The molecule has 0 radical (unpaired) electrons. The van der Waals surface area contributed by atoms with E-state index in [0.717, 1.165) is 44.3 Å². The second-order valence-corrected chi connectivity index (χ2v) is 6.96. The molecule has 1 aromatic heterocycles. The van der Waals surface area contributed by atoms with Gasteiger partial charge in [-0.2, -0.15) is 0 Å². The van der Waals surface area contributed by atoms with Crippen molar-refractivity contribution in [2.75, 3.05) is 38.0 Å². The van der Waals surface area contributed by atoms with Gasteiger partial charge in [-0.1, -0.05) is 26.2 Å². The van der Waals surface area contributed by atoms with Gasteiger partial charge >= 0.3 is 6.03 Å². The standard InChI is InChI=1S/C18H29N5O/c1-2-17-19-12-16(13-20-17)21-18(24)23-10-8-22(9-11-23)14-15-6-4-3-5-7-15/h12-13,15H,2-11,14H2,1H3,(H,21,24). The molecule has 1 saturated heterocycles. The Labute approximate surface area is 144 Å². The molecule has 2 aliphatic rings. The van der Waals surface area contributed by atoms with Gasteiger partial charge in [-0.15, -0.1) is 0 Å². The third-order valence-corrected chi connectivity index (χ3v) is 5.17. The number of carbonyl (C=O) groups is 1. The van der Waals surface area contributed by atoms with Crippen LogP contribution >= 0.6 is 0 Å². The van der Waals surface area contributed by atoms with Crippen molar-refractivity contribution >= 4 is 11.7 Å². The molecule has 0 spiro atoms. The Bertz CT molecular complexity index is 519. The number of aromatic nitrogens is 2. The number of piperazine rings is 1. The maximum atomic E-state index is 12.4. The molecule has 1 N–H and O–H groups in total. The molecule has 2 fully saturated rings. The van der Waals surface area contributed by atoms with Gasteiger partial charge in [-0.05, 0) is 18.8 Å². The Balaban J connectivity index is 1.42. The largest absolute Gasteiger partial charge is 0.322 e. The lowest BCUT2D eigenvalue weighted by molar-refractivity contribution is 0.125. The Morgan fingerprint density at radius 2 is 1.79 bits per heavy atom. The first kappa shape index (κ1) is 17.1. The molecule has 1 aromatic rings. The maximum absolute atomic E-state index is 12.4. The van der Waals surface area contributed by atoms with Crippen LogP contribution in [0.1, 0.15) is 44.9 Å². The molecule has 132 valence electrons. The fraction of sp³-hybridized carbons (Fsp3) is 0.722. The number of aryl methyl sites for hydroxylation is 1. The van der Waals surface area contributed by atoms with E-state index >= 15 is 0 Å². The second-order valence-electron chi connectivity index (χ2n) is 6.96. The summed E-state index contributed by atoms with van der Waals surface area (Å²) in [6.07, 6.45) is 11.1. The third kappa shape index (κ3) is 4.66. The quantitative estimate of drug-likeness (QED) is 0.921. The fourth-order valence-corrected chi connectivity index (χ4v) is 3.67. The van der Waals surface area contributed by atoms with Crippen LogP contribution in [0, 0.1) is 5.92 Å². The molecule has 2 amide bonds. The van der Waals surface area contributed by atoms with E-state index in [1.807, 2.05) is 11.8 Å². The minimum absolute atomic E-state index is 0.0415. The minimum atomic E-state index is -0.0415. The summed E-state index contributed by atoms with van der Waals surface area (Å²) in [6.45, 7) is 6.78. The number of carbonyl (C=O) groups excluding carboxylic acids is 1. The summed E-state index contributed by atoms with van der Waals surface area (Å²) in [4.78, 5) is 25.2. The van der Waals surface area contributed by atoms with E-state index in [1.165, 1.54) is 38.6 Å². The van der Waals surface area contributed by atoms with E-state index in [2.05, 4.69) is 20.2 Å². The van der Waals surface area contributed by atoms with Gasteiger partial charge in [0.1, 0.15) is 5.82 Å². The first-order valence-electron chi connectivity index (χ1n) is 9.34. The molecule has 0 atom stereocenters. The predicted octanol–water partition coefficient (Wildman–Crippen LogP) is 2.77. The van der Waals surface area contributed by atoms with E-state index in [4.69, 9.17) is 0 Å². The Hall–Kier alpha value is -1.69. The molecule has 1 aliphatic carbocycles. The predicted molar refractivity (Wildman–Crippen MR) is 95.0 cm³/mol. The number of amides is 2. The van der Waals surface area contributed by atoms with Crippen molar-refractivity contribution in [3.05, 3.63) is 18.2 Å². The molecule has 0 aromatic carbocycles. The van der Waals surface area contributed by atoms with Crippen molar-refractivity contribution in [3.8, 4) is 0 Å². The summed E-state index contributed by atoms with van der Waals surface area (Å²) < 4.78 is 0. The number of anilines is 1. The van der Waals surface area contributed by atoms with Crippen molar-refractivity contribution in [2.45, 2.75) is 45.4 Å². The van der Waals surface area contributed by atoms with E-state index in [-0.39, 0.29) is 6.03 Å². The lowest BCUT2D eigenvalue weighted by Crippen LogP contribution is -2.51. The van der Waals surface area contributed by atoms with Crippen molar-refractivity contribution in [3.63, 3.8) is 0 Å². The summed E-state index contributed by atoms with van der Waals surface area (Å²) in [5.41, 5.74) is 0.668. The number of nitrogens with one attached hydrogen (secondary N) is 1. The van der Waals surface area contributed by atoms with E-state index in [0.29, 0.717) is 5.69 Å². The number of nitrogens with zero attached hydrogens (tertiary/aromatic N) is 4. The lowest BCUT2D eigenvalue weighted by Gasteiger charge is -2.37. The first-order valence-corrected chi connectivity index (χ1v) is 9.34. The Morgan fingerprint density at radius 1 is 1.12 bits per heavy atom. The van der Waals surface area contributed by atoms with Crippen LogP contribution in [0.3, 0.4) is 0 Å². The van der Waals surface area contributed by atoms with Gasteiger partial charge in [0.2, 0.25) is 0 Å². The van der Waals surface area contributed by atoms with Crippen molar-refractivity contribution < 1.29 is 4.79 Å². The van der Waals surface area contributed by atoms with Crippen LogP contribution in [0.5, 0.6) is 0 Å². The van der Waals surface area contributed by atoms with Gasteiger partial charge in [0.25, 0.3) is 0 Å². The minimum Gasteiger partial charge on any atom is -0.322 e. The summed E-state index contributed by atoms with van der Waals surface area (Å²) in [5.74, 6) is 1.66. The van der Waals surface area contributed by atoms with E-state index in [1.54, 1.807) is 12.4 Å². The van der Waals surface area contributed by atoms with E-state index < -0.39 is 0 Å². The molecule has 1 saturated carbocycles. The average molecular weight is 331 g/mol. The Morgan fingerprint density at radius 3 is 2.42 bits per heavy atom. The zero-order valence-corrected chi connectivity index (χ0v) is 14.7. The number of rotatable bonds is 4. The van der Waals surface area contributed by atoms with Gasteiger partial charge < -0.3 is 10.2 Å². The monoisotopic (exact) mass is 331 g/mol. The SMILES string of the molecule is CCc1ncc(NC(=O)N2CCN(CC3CCCCC3)CC2)cn1. The number of hydrogen-bond donors (Lipinski definition) is 1. The molecule has 3 rings (SSSR count). The highest BCUT2D eigenvalue weighted by atomic mass is 16.2. The number of hydrogen-bond acceptors (Lipinski definition) is 4. The van der Waals surface area contributed by atoms with Crippen LogP contribution in [-0.2, 0) is 6.42 Å². The smallest absolute Gasteiger partial charge is 0.322 e. The molecule has 2 heterocycles. The van der Waals surface area contributed by atoms with Crippen LogP contribution in [0.15, 0.2) is 12.4 Å². The van der Waals surface area contributed by atoms with E-state index in [9.17, 15) is 4.79 Å². The zero-order valence-electron chi connectivity index (χ0n) is 14.7. The normalized spacial score (nSPS) is 20.1. The summed E-state index contributed by atoms with van der Waals surface area (Å²) in [5, 5.41) is 2.90. The maximum Gasteiger partial charge on any atom is 0.322 e. The molecular weight excluding hydrogens is 302 g/mol. The summed E-state index contributed by atoms with van der Waals surface area (Å²) >= 11 is 0. The van der Waals surface area contributed by atoms with Gasteiger partial charge in [-0.25, -0.2) is 14.8 Å². The molecular formula is C18H29N5O. The zero-order chi connectivity index (χ0) is 16.8. The number of urea groups is 1. The van der Waals surface area contributed by atoms with Crippen molar-refractivity contribution in [1.29, 1.82) is 0 Å². The van der Waals surface area contributed by atoms with Gasteiger partial charge in [0, 0.05) is 39.1 Å². The molecule has 6 nitrogen and oxygen atoms in total. The van der Waals surface area contributed by atoms with Gasteiger partial charge in [0.15, 0.2) is 0 Å². The van der Waals surface area contributed by atoms with Crippen molar-refractivity contribution in [1.82, 2.24) is 19.8 Å². The fourth-order valence-electron chi connectivity index (χ4n) is 3.67. The molecule has 0 bridgehead atoms. The van der Waals surface area contributed by atoms with Crippen LogP contribution in [0.25, 0.3) is 0 Å². The highest BCUT2D eigenvalue weighted by Crippen LogP contribution is 2.24. The second kappa shape index (κ2) is 8.42. The molecule has 1 aliphatic heterocycles. The summed E-state index contributed by atoms with van der Waals surface area (Å²) in [6, 6.07) is -0.0415. The highest BCUT2D eigenvalue weighted by molar-refractivity contribution is 5.89. The van der Waals surface area contributed by atoms with Crippen molar-refractivity contribution in [2.24, 2.45) is 5.92 Å². The lowest BCUT2D eigenvalue weighted by atomic mass is 9.89. The summed E-state index contributed by atoms with van der Waals surface area (Å²) in [7, 11) is 0. The average Bonchev–Trinajstić information content (AvgIpc) is 2.64. The van der Waals surface area contributed by atoms with Gasteiger partial charge in [0.05, 0.1) is 18.1 Å². The Kier molecular flexibility index (Phi) is 6.01. The third-order valence-electron chi connectivity index (χ3n) is 5.17. The molecule has 0 unspecified atom stereocenters. The van der Waals surface area contributed by atoms with Crippen LogP contribution < -0.4 is 5.32 Å². The van der Waals surface area contributed by atoms with Crippen LogP contribution in [0.4, 0.5) is 10.5 Å². The topological polar surface area (TPSA) is 61.4 Å². The first-order chi connectivity index (χ1) is 11.7. The van der Waals surface area contributed by atoms with Crippen LogP contribution in [-0.4, -0.2) is 58.5 Å². The molecule has 6 heteroatoms. The van der Waals surface area contributed by atoms with Gasteiger partial charge in [-0.3, -0.25) is 4.90 Å². The highest BCUT2D eigenvalue weighted by Gasteiger charge is 2.24.